The van der Waals surface area contributed by atoms with Crippen LogP contribution in [-0.4, -0.2) is 29.4 Å². The van der Waals surface area contributed by atoms with Gasteiger partial charge in [0, 0.05) is 31.5 Å². The molecule has 0 radical (unpaired) electrons. The van der Waals surface area contributed by atoms with E-state index in [2.05, 4.69) is 106 Å². The highest BCUT2D eigenvalue weighted by atomic mass is 79.9. The summed E-state index contributed by atoms with van der Waals surface area (Å²) in [5.41, 5.74) is 6.16. The number of aromatic nitrogens is 1. The third-order valence-electron chi connectivity index (χ3n) is 5.52. The van der Waals surface area contributed by atoms with Crippen molar-refractivity contribution >= 4 is 21.8 Å². The maximum atomic E-state index is 10.7. The number of benzene rings is 3. The van der Waals surface area contributed by atoms with E-state index in [-0.39, 0.29) is 0 Å². The fraction of sp³-hybridized carbons (Fsp3) is 0.200. The minimum Gasteiger partial charge on any atom is -0.346 e. The molecular weight excluding hydrogens is 484 g/mol. The van der Waals surface area contributed by atoms with Gasteiger partial charge in [-0.1, -0.05) is 107 Å². The molecule has 0 unspecified atom stereocenters. The van der Waals surface area contributed by atoms with Crippen molar-refractivity contribution < 1.29 is 4.79 Å². The lowest BCUT2D eigenvalue weighted by molar-refractivity contribution is -0.131. The van der Waals surface area contributed by atoms with E-state index in [9.17, 15) is 4.79 Å². The molecule has 0 saturated carbocycles. The smallest absolute Gasteiger partial charge is 0.222 e. The molecule has 3 nitrogen and oxygen atoms in total. The van der Waals surface area contributed by atoms with E-state index in [0.717, 1.165) is 30.4 Å². The summed E-state index contributed by atoms with van der Waals surface area (Å²) in [6.07, 6.45) is 4.82. The number of pyridine rings is 1. The number of carbonyl (C=O) groups is 1. The molecule has 34 heavy (non-hydrogen) atoms. The standard InChI is InChI=1S/C18H14.C6H6BrN.C6H11NO/c1-3-9-15(10-4-1)17-13-7-8-14-18(17)16-11-5-2-6-12-16;7-5-6-3-1-2-4-8-6;1-7-5-3-2-4-6(7)8/h1-14H;1-4H,5H2;2-5H2,1H3. The van der Waals surface area contributed by atoms with E-state index in [1.54, 1.807) is 11.1 Å². The number of likely N-dealkylation sites (tertiary alicyclic amines) is 1. The Kier molecular flexibility index (Phi) is 10.5. The zero-order chi connectivity index (χ0) is 24.0. The first-order chi connectivity index (χ1) is 16.7. The van der Waals surface area contributed by atoms with Gasteiger partial charge in [0.1, 0.15) is 0 Å². The summed E-state index contributed by atoms with van der Waals surface area (Å²) < 4.78 is 0. The summed E-state index contributed by atoms with van der Waals surface area (Å²) in [5.74, 6) is 0.302. The number of hydrogen-bond donors (Lipinski definition) is 0. The molecular formula is C30H31BrN2O. The van der Waals surface area contributed by atoms with Gasteiger partial charge in [0.25, 0.3) is 0 Å². The summed E-state index contributed by atoms with van der Waals surface area (Å²) in [5, 5.41) is 0.841. The van der Waals surface area contributed by atoms with Crippen molar-refractivity contribution in [1.29, 1.82) is 0 Å². The normalized spacial score (nSPS) is 12.6. The monoisotopic (exact) mass is 514 g/mol. The fourth-order valence-corrected chi connectivity index (χ4v) is 3.97. The highest BCUT2D eigenvalue weighted by Crippen LogP contribution is 2.31. The van der Waals surface area contributed by atoms with Gasteiger partial charge in [-0.3, -0.25) is 9.78 Å². The number of halogens is 1. The van der Waals surface area contributed by atoms with Crippen LogP contribution >= 0.6 is 15.9 Å². The van der Waals surface area contributed by atoms with Crippen molar-refractivity contribution in [2.75, 3.05) is 13.6 Å². The molecule has 0 bridgehead atoms. The molecule has 1 aliphatic rings. The molecule has 3 aromatic carbocycles. The Bertz CT molecular complexity index is 1060. The molecule has 4 heteroatoms. The van der Waals surface area contributed by atoms with Crippen molar-refractivity contribution in [2.24, 2.45) is 0 Å². The van der Waals surface area contributed by atoms with Gasteiger partial charge >= 0.3 is 0 Å². The van der Waals surface area contributed by atoms with Crippen LogP contribution in [0.3, 0.4) is 0 Å². The Morgan fingerprint density at radius 3 is 1.65 bits per heavy atom. The zero-order valence-corrected chi connectivity index (χ0v) is 21.2. The third kappa shape index (κ3) is 7.96. The van der Waals surface area contributed by atoms with Crippen LogP contribution in [0.15, 0.2) is 109 Å². The zero-order valence-electron chi connectivity index (χ0n) is 19.6. The summed E-state index contributed by atoms with van der Waals surface area (Å²) in [7, 11) is 1.86. The summed E-state index contributed by atoms with van der Waals surface area (Å²) in [6.45, 7) is 0.957. The van der Waals surface area contributed by atoms with Crippen LogP contribution in [-0.2, 0) is 10.1 Å². The first kappa shape index (κ1) is 25.4. The van der Waals surface area contributed by atoms with Crippen LogP contribution in [0.25, 0.3) is 22.3 Å². The van der Waals surface area contributed by atoms with E-state index in [0.29, 0.717) is 5.91 Å². The first-order valence-electron chi connectivity index (χ1n) is 11.6. The topological polar surface area (TPSA) is 33.2 Å². The lowest BCUT2D eigenvalue weighted by Gasteiger charge is -2.21. The molecule has 0 atom stereocenters. The van der Waals surface area contributed by atoms with Crippen LogP contribution < -0.4 is 0 Å². The minimum absolute atomic E-state index is 0.302. The highest BCUT2D eigenvalue weighted by Gasteiger charge is 2.12. The Morgan fingerprint density at radius 2 is 1.26 bits per heavy atom. The van der Waals surface area contributed by atoms with E-state index in [1.165, 1.54) is 28.7 Å². The van der Waals surface area contributed by atoms with Crippen molar-refractivity contribution in [1.82, 2.24) is 9.88 Å². The fourth-order valence-electron chi connectivity index (χ4n) is 3.64. The molecule has 1 aromatic heterocycles. The van der Waals surface area contributed by atoms with Gasteiger partial charge < -0.3 is 4.90 Å². The van der Waals surface area contributed by atoms with Crippen molar-refractivity contribution in [3.63, 3.8) is 0 Å². The number of amides is 1. The Morgan fingerprint density at radius 1 is 0.735 bits per heavy atom. The molecule has 0 N–H and O–H groups in total. The van der Waals surface area contributed by atoms with Crippen molar-refractivity contribution in [3.05, 3.63) is 115 Å². The molecule has 4 aromatic rings. The van der Waals surface area contributed by atoms with E-state index < -0.39 is 0 Å². The molecule has 1 fully saturated rings. The summed E-state index contributed by atoms with van der Waals surface area (Å²) >= 11 is 3.29. The van der Waals surface area contributed by atoms with Crippen LogP contribution in [0, 0.1) is 0 Å². The van der Waals surface area contributed by atoms with Gasteiger partial charge in [0.15, 0.2) is 0 Å². The summed E-state index contributed by atoms with van der Waals surface area (Å²) in [6, 6.07) is 35.4. The van der Waals surface area contributed by atoms with E-state index in [1.807, 2.05) is 25.2 Å². The van der Waals surface area contributed by atoms with Gasteiger partial charge in [-0.15, -0.1) is 0 Å². The highest BCUT2D eigenvalue weighted by molar-refractivity contribution is 9.08. The molecule has 0 aliphatic carbocycles. The van der Waals surface area contributed by atoms with Gasteiger partial charge in [-0.25, -0.2) is 0 Å². The maximum Gasteiger partial charge on any atom is 0.222 e. The number of carbonyl (C=O) groups excluding carboxylic acids is 1. The second-order valence-corrected chi connectivity index (χ2v) is 8.57. The van der Waals surface area contributed by atoms with Crippen LogP contribution in [0.5, 0.6) is 0 Å². The Balaban J connectivity index is 0.000000168. The predicted molar refractivity (Wildman–Crippen MR) is 146 cm³/mol. The van der Waals surface area contributed by atoms with Crippen LogP contribution in [0.4, 0.5) is 0 Å². The molecule has 1 aliphatic heterocycles. The Labute approximate surface area is 211 Å². The average Bonchev–Trinajstić information content (AvgIpc) is 2.92. The molecule has 5 rings (SSSR count). The van der Waals surface area contributed by atoms with Gasteiger partial charge in [0.2, 0.25) is 5.91 Å². The SMILES string of the molecule is BrCc1ccccn1.CN1CCCCC1=O.c1ccc(-c2ccccc2-c2ccccc2)cc1. The van der Waals surface area contributed by atoms with E-state index in [4.69, 9.17) is 0 Å². The number of nitrogens with zero attached hydrogens (tertiary/aromatic N) is 2. The van der Waals surface area contributed by atoms with Gasteiger partial charge in [-0.05, 0) is 47.2 Å². The number of rotatable bonds is 3. The van der Waals surface area contributed by atoms with Crippen molar-refractivity contribution in [2.45, 2.75) is 24.6 Å². The first-order valence-corrected chi connectivity index (χ1v) is 12.7. The molecule has 174 valence electrons. The molecule has 1 amide bonds. The number of piperidine rings is 1. The number of hydrogen-bond acceptors (Lipinski definition) is 2. The Hall–Kier alpha value is -3.24. The molecule has 2 heterocycles. The second kappa shape index (κ2) is 14.1. The van der Waals surface area contributed by atoms with Crippen molar-refractivity contribution in [3.8, 4) is 22.3 Å². The second-order valence-electron chi connectivity index (χ2n) is 8.00. The van der Waals surface area contributed by atoms with Gasteiger partial charge in [0.05, 0.1) is 5.69 Å². The summed E-state index contributed by atoms with van der Waals surface area (Å²) in [4.78, 5) is 16.6. The number of alkyl halides is 1. The molecule has 0 spiro atoms. The third-order valence-corrected chi connectivity index (χ3v) is 6.09. The largest absolute Gasteiger partial charge is 0.346 e. The minimum atomic E-state index is 0.302. The van der Waals surface area contributed by atoms with Crippen LogP contribution in [0.1, 0.15) is 25.0 Å². The van der Waals surface area contributed by atoms with Crippen LogP contribution in [0.2, 0.25) is 0 Å². The van der Waals surface area contributed by atoms with Gasteiger partial charge in [-0.2, -0.15) is 0 Å². The maximum absolute atomic E-state index is 10.7. The average molecular weight is 515 g/mol. The van der Waals surface area contributed by atoms with E-state index >= 15 is 0 Å². The lowest BCUT2D eigenvalue weighted by Crippen LogP contribution is -2.31. The predicted octanol–water partition coefficient (Wildman–Crippen LogP) is 7.63. The quantitative estimate of drug-likeness (QED) is 0.263. The lowest BCUT2D eigenvalue weighted by atomic mass is 9.95. The molecule has 1 saturated heterocycles.